The summed E-state index contributed by atoms with van der Waals surface area (Å²) in [5.41, 5.74) is -0.394. The molecule has 0 heterocycles. The predicted molar refractivity (Wildman–Crippen MR) is 69.3 cm³/mol. The summed E-state index contributed by atoms with van der Waals surface area (Å²) in [5, 5.41) is 0. The second kappa shape index (κ2) is 6.30. The lowest BCUT2D eigenvalue weighted by molar-refractivity contribution is -0.274. The lowest BCUT2D eigenvalue weighted by atomic mass is 10.2. The van der Waals surface area contributed by atoms with Crippen molar-refractivity contribution in [2.24, 2.45) is 0 Å². The maximum absolute atomic E-state index is 12.3. The molecule has 0 radical (unpaired) electrons. The fourth-order valence-electron chi connectivity index (χ4n) is 1.62. The number of carbonyl (C=O) groups excluding carboxylic acids is 2. The summed E-state index contributed by atoms with van der Waals surface area (Å²) in [7, 11) is 0. The Bertz CT molecular complexity index is 681. The molecule has 0 saturated heterocycles. The van der Waals surface area contributed by atoms with E-state index in [-0.39, 0.29) is 5.56 Å². The van der Waals surface area contributed by atoms with Crippen LogP contribution in [-0.4, -0.2) is 18.3 Å². The van der Waals surface area contributed by atoms with Gasteiger partial charge in [0.15, 0.2) is 0 Å². The second-order valence-corrected chi connectivity index (χ2v) is 4.09. The molecule has 0 aliphatic carbocycles. The van der Waals surface area contributed by atoms with Crippen LogP contribution in [-0.2, 0) is 4.74 Å². The zero-order valence-electron chi connectivity index (χ0n) is 11.0. The quantitative estimate of drug-likeness (QED) is 0.642. The molecule has 0 atom stereocenters. The lowest BCUT2D eigenvalue weighted by Crippen LogP contribution is -2.20. The van der Waals surface area contributed by atoms with Crippen molar-refractivity contribution < 1.29 is 32.2 Å². The van der Waals surface area contributed by atoms with Gasteiger partial charge < -0.3 is 9.47 Å². The first-order valence-corrected chi connectivity index (χ1v) is 6.03. The smallest absolute Gasteiger partial charge is 0.405 e. The van der Waals surface area contributed by atoms with Crippen LogP contribution in [0.5, 0.6) is 5.75 Å². The number of ether oxygens (including phenoxy) is 2. The van der Waals surface area contributed by atoms with Gasteiger partial charge in [-0.05, 0) is 24.3 Å². The van der Waals surface area contributed by atoms with Gasteiger partial charge in [-0.25, -0.2) is 9.59 Å². The minimum Gasteiger partial charge on any atom is -0.405 e. The Morgan fingerprint density at radius 2 is 1.41 bits per heavy atom. The number of alkyl halides is 3. The Kier molecular flexibility index (Phi) is 4.45. The topological polar surface area (TPSA) is 52.6 Å². The first-order chi connectivity index (χ1) is 10.4. The summed E-state index contributed by atoms with van der Waals surface area (Å²) in [6, 6.07) is 12.2. The minimum atomic E-state index is -4.96. The van der Waals surface area contributed by atoms with E-state index in [0.29, 0.717) is 0 Å². The maximum Gasteiger partial charge on any atom is 0.573 e. The molecule has 0 spiro atoms. The van der Waals surface area contributed by atoms with Crippen molar-refractivity contribution in [2.45, 2.75) is 6.36 Å². The molecule has 0 N–H and O–H groups in total. The summed E-state index contributed by atoms with van der Waals surface area (Å²) in [6.07, 6.45) is -4.96. The van der Waals surface area contributed by atoms with Crippen LogP contribution in [0.3, 0.4) is 0 Å². The Labute approximate surface area is 123 Å². The highest BCUT2D eigenvalue weighted by Crippen LogP contribution is 2.26. The van der Waals surface area contributed by atoms with E-state index in [1.807, 2.05) is 0 Å². The van der Waals surface area contributed by atoms with E-state index in [4.69, 9.17) is 0 Å². The van der Waals surface area contributed by atoms with Crippen LogP contribution in [0.1, 0.15) is 20.7 Å². The molecule has 4 nitrogen and oxygen atoms in total. The summed E-state index contributed by atoms with van der Waals surface area (Å²) in [5.74, 6) is -2.93. The summed E-state index contributed by atoms with van der Waals surface area (Å²) in [6.45, 7) is 0. The van der Waals surface area contributed by atoms with Crippen LogP contribution in [0.4, 0.5) is 13.2 Å². The third-order valence-electron chi connectivity index (χ3n) is 2.53. The van der Waals surface area contributed by atoms with Crippen molar-refractivity contribution in [3.8, 4) is 5.75 Å². The molecular formula is C15H9F3O4. The summed E-state index contributed by atoms with van der Waals surface area (Å²) in [4.78, 5) is 23.6. The number of para-hydroxylation sites is 1. The average molecular weight is 310 g/mol. The van der Waals surface area contributed by atoms with Crippen LogP contribution < -0.4 is 4.74 Å². The highest BCUT2D eigenvalue weighted by Gasteiger charge is 2.33. The average Bonchev–Trinajstić information content (AvgIpc) is 2.47. The molecule has 114 valence electrons. The van der Waals surface area contributed by atoms with E-state index in [9.17, 15) is 22.8 Å². The third-order valence-corrected chi connectivity index (χ3v) is 2.53. The summed E-state index contributed by atoms with van der Waals surface area (Å²) >= 11 is 0. The molecule has 0 aliphatic heterocycles. The van der Waals surface area contributed by atoms with Crippen molar-refractivity contribution in [1.29, 1.82) is 0 Å². The molecule has 22 heavy (non-hydrogen) atoms. The van der Waals surface area contributed by atoms with Gasteiger partial charge in [-0.3, -0.25) is 0 Å². The van der Waals surface area contributed by atoms with E-state index in [2.05, 4.69) is 9.47 Å². The normalized spacial score (nSPS) is 10.9. The van der Waals surface area contributed by atoms with Gasteiger partial charge in [0.05, 0.1) is 5.56 Å². The van der Waals surface area contributed by atoms with Gasteiger partial charge in [0.2, 0.25) is 0 Å². The standard InChI is InChI=1S/C15H9F3O4/c16-15(17,18)22-12-9-5-4-8-11(12)14(20)21-13(19)10-6-2-1-3-7-10/h1-9H. The molecule has 0 unspecified atom stereocenters. The van der Waals surface area contributed by atoms with E-state index in [0.717, 1.165) is 12.1 Å². The largest absolute Gasteiger partial charge is 0.573 e. The third kappa shape index (κ3) is 4.08. The number of carbonyl (C=O) groups is 2. The van der Waals surface area contributed by atoms with Gasteiger partial charge in [0.1, 0.15) is 11.3 Å². The van der Waals surface area contributed by atoms with Crippen molar-refractivity contribution in [2.75, 3.05) is 0 Å². The highest BCUT2D eigenvalue weighted by molar-refractivity contribution is 6.03. The highest BCUT2D eigenvalue weighted by atomic mass is 19.4. The van der Waals surface area contributed by atoms with Crippen LogP contribution >= 0.6 is 0 Å². The molecule has 2 aromatic carbocycles. The zero-order chi connectivity index (χ0) is 16.2. The van der Waals surface area contributed by atoms with Crippen molar-refractivity contribution in [1.82, 2.24) is 0 Å². The first-order valence-electron chi connectivity index (χ1n) is 6.03. The fourth-order valence-corrected chi connectivity index (χ4v) is 1.62. The molecule has 7 heteroatoms. The number of hydrogen-bond acceptors (Lipinski definition) is 4. The monoisotopic (exact) mass is 310 g/mol. The lowest BCUT2D eigenvalue weighted by Gasteiger charge is -2.12. The molecule has 0 bridgehead atoms. The Balaban J connectivity index is 2.18. The molecule has 0 amide bonds. The van der Waals surface area contributed by atoms with Crippen LogP contribution in [0.2, 0.25) is 0 Å². The van der Waals surface area contributed by atoms with Gasteiger partial charge in [-0.15, -0.1) is 13.2 Å². The van der Waals surface area contributed by atoms with E-state index in [1.54, 1.807) is 18.2 Å². The van der Waals surface area contributed by atoms with Crippen LogP contribution in [0.15, 0.2) is 54.6 Å². The van der Waals surface area contributed by atoms with E-state index in [1.165, 1.54) is 24.3 Å². The molecule has 0 aromatic heterocycles. The number of hydrogen-bond donors (Lipinski definition) is 0. The van der Waals surface area contributed by atoms with Crippen molar-refractivity contribution >= 4 is 11.9 Å². The first kappa shape index (κ1) is 15.6. The van der Waals surface area contributed by atoms with Crippen LogP contribution in [0.25, 0.3) is 0 Å². The van der Waals surface area contributed by atoms with E-state index >= 15 is 0 Å². The van der Waals surface area contributed by atoms with Crippen LogP contribution in [0, 0.1) is 0 Å². The fraction of sp³-hybridized carbons (Fsp3) is 0.0667. The number of benzene rings is 2. The second-order valence-electron chi connectivity index (χ2n) is 4.09. The molecular weight excluding hydrogens is 301 g/mol. The number of rotatable bonds is 3. The molecule has 0 fully saturated rings. The number of esters is 2. The van der Waals surface area contributed by atoms with E-state index < -0.39 is 29.6 Å². The Morgan fingerprint density at radius 3 is 2.05 bits per heavy atom. The van der Waals surface area contributed by atoms with Crippen molar-refractivity contribution in [3.63, 3.8) is 0 Å². The number of halogens is 3. The molecule has 0 saturated carbocycles. The predicted octanol–water partition coefficient (Wildman–Crippen LogP) is 3.58. The molecule has 0 aliphatic rings. The minimum absolute atomic E-state index is 0.102. The van der Waals surface area contributed by atoms with Gasteiger partial charge in [0, 0.05) is 0 Å². The Hall–Kier alpha value is -2.83. The maximum atomic E-state index is 12.3. The van der Waals surface area contributed by atoms with Gasteiger partial charge >= 0.3 is 18.3 Å². The Morgan fingerprint density at radius 1 is 0.818 bits per heavy atom. The molecule has 2 aromatic rings. The molecule has 2 rings (SSSR count). The van der Waals surface area contributed by atoms with Crippen molar-refractivity contribution in [3.05, 3.63) is 65.7 Å². The van der Waals surface area contributed by atoms with Gasteiger partial charge in [-0.1, -0.05) is 30.3 Å². The SMILES string of the molecule is O=C(OC(=O)c1ccccc1OC(F)(F)F)c1ccccc1. The zero-order valence-corrected chi connectivity index (χ0v) is 11.0. The van der Waals surface area contributed by atoms with Gasteiger partial charge in [0.25, 0.3) is 0 Å². The van der Waals surface area contributed by atoms with Gasteiger partial charge in [-0.2, -0.15) is 0 Å². The summed E-state index contributed by atoms with van der Waals surface area (Å²) < 4.78 is 45.1.